The molecule has 4 heteroatoms. The quantitative estimate of drug-likeness (QED) is 0.671. The van der Waals surface area contributed by atoms with Crippen LogP contribution in [0.5, 0.6) is 0 Å². The molecule has 86 valence electrons. The summed E-state index contributed by atoms with van der Waals surface area (Å²) in [6.45, 7) is 4.10. The van der Waals surface area contributed by atoms with Crippen LogP contribution in [0, 0.1) is 13.8 Å². The summed E-state index contributed by atoms with van der Waals surface area (Å²) >= 11 is 0. The molecule has 0 saturated carbocycles. The number of oxazole rings is 1. The van der Waals surface area contributed by atoms with Crippen LogP contribution in [0.3, 0.4) is 0 Å². The van der Waals surface area contributed by atoms with Gasteiger partial charge in [0.05, 0.1) is 0 Å². The number of anilines is 1. The number of nitrogens with one attached hydrogen (secondary N) is 1. The first-order chi connectivity index (χ1) is 8.15. The van der Waals surface area contributed by atoms with Crippen molar-refractivity contribution in [2.45, 2.75) is 13.8 Å². The highest BCUT2D eigenvalue weighted by molar-refractivity contribution is 5.96. The summed E-state index contributed by atoms with van der Waals surface area (Å²) < 4.78 is 5.08. The summed E-state index contributed by atoms with van der Waals surface area (Å²) in [7, 11) is 0. The Hall–Kier alpha value is -2.23. The molecule has 3 N–H and O–H groups in total. The van der Waals surface area contributed by atoms with Gasteiger partial charge in [0.2, 0.25) is 0 Å². The number of benzene rings is 1. The average Bonchev–Trinajstić information content (AvgIpc) is 2.81. The third-order valence-electron chi connectivity index (χ3n) is 2.92. The van der Waals surface area contributed by atoms with E-state index in [-0.39, 0.29) is 6.01 Å². The smallest absolute Gasteiger partial charge is 0.292 e. The highest BCUT2D eigenvalue weighted by Crippen LogP contribution is 2.32. The number of hydrogen-bond donors (Lipinski definition) is 2. The fourth-order valence-electron chi connectivity index (χ4n) is 2.17. The van der Waals surface area contributed by atoms with E-state index in [1.807, 2.05) is 6.92 Å². The molecule has 3 rings (SSSR count). The molecule has 0 aliphatic rings. The monoisotopic (exact) mass is 227 g/mol. The minimum atomic E-state index is 0.196. The molecule has 0 radical (unpaired) electrons. The van der Waals surface area contributed by atoms with Crippen LogP contribution in [0.4, 0.5) is 6.01 Å². The predicted molar refractivity (Wildman–Crippen MR) is 67.7 cm³/mol. The molecule has 2 aromatic heterocycles. The van der Waals surface area contributed by atoms with E-state index in [0.29, 0.717) is 0 Å². The summed E-state index contributed by atoms with van der Waals surface area (Å²) in [4.78, 5) is 7.52. The topological polar surface area (TPSA) is 67.8 Å². The van der Waals surface area contributed by atoms with Crippen LogP contribution in [0.2, 0.25) is 0 Å². The van der Waals surface area contributed by atoms with Gasteiger partial charge in [0.15, 0.2) is 0 Å². The van der Waals surface area contributed by atoms with Crippen molar-refractivity contribution in [1.82, 2.24) is 9.97 Å². The van der Waals surface area contributed by atoms with E-state index >= 15 is 0 Å². The van der Waals surface area contributed by atoms with Crippen LogP contribution in [0.1, 0.15) is 11.3 Å². The standard InChI is InChI=1S/C13H13N3O/c1-7-3-4-10-9(5-7)12(8(2)15-10)11-6-17-13(14)16-11/h3-6,15H,1-2H3,(H2,14,16). The number of hydrogen-bond acceptors (Lipinski definition) is 3. The van der Waals surface area contributed by atoms with Crippen molar-refractivity contribution in [3.8, 4) is 11.3 Å². The SMILES string of the molecule is Cc1ccc2[nH]c(C)c(-c3coc(N)n3)c2c1. The van der Waals surface area contributed by atoms with Crippen molar-refractivity contribution in [1.29, 1.82) is 0 Å². The molecule has 1 aromatic carbocycles. The Balaban J connectivity index is 2.34. The molecular formula is C13H13N3O. The highest BCUT2D eigenvalue weighted by atomic mass is 16.4. The number of aromatic amines is 1. The molecule has 0 saturated heterocycles. The van der Waals surface area contributed by atoms with Gasteiger partial charge < -0.3 is 15.1 Å². The fourth-order valence-corrected chi connectivity index (χ4v) is 2.17. The first kappa shape index (κ1) is 9.96. The minimum absolute atomic E-state index is 0.196. The van der Waals surface area contributed by atoms with Crippen molar-refractivity contribution in [2.75, 3.05) is 5.73 Å². The normalized spacial score (nSPS) is 11.2. The molecule has 2 heterocycles. The van der Waals surface area contributed by atoms with Crippen molar-refractivity contribution in [3.63, 3.8) is 0 Å². The van der Waals surface area contributed by atoms with E-state index in [9.17, 15) is 0 Å². The maximum atomic E-state index is 5.52. The van der Waals surface area contributed by atoms with Crippen molar-refractivity contribution in [3.05, 3.63) is 35.7 Å². The Morgan fingerprint density at radius 2 is 2.12 bits per heavy atom. The third-order valence-corrected chi connectivity index (χ3v) is 2.92. The lowest BCUT2D eigenvalue weighted by atomic mass is 10.1. The van der Waals surface area contributed by atoms with Gasteiger partial charge in [-0.3, -0.25) is 0 Å². The minimum Gasteiger partial charge on any atom is -0.432 e. The van der Waals surface area contributed by atoms with Gasteiger partial charge in [0.25, 0.3) is 6.01 Å². The second-order valence-corrected chi connectivity index (χ2v) is 4.25. The second-order valence-electron chi connectivity index (χ2n) is 4.25. The molecular weight excluding hydrogens is 214 g/mol. The molecule has 17 heavy (non-hydrogen) atoms. The molecule has 3 aromatic rings. The van der Waals surface area contributed by atoms with E-state index in [4.69, 9.17) is 10.2 Å². The number of fused-ring (bicyclic) bond motifs is 1. The van der Waals surface area contributed by atoms with E-state index in [1.54, 1.807) is 6.26 Å². The first-order valence-corrected chi connectivity index (χ1v) is 5.45. The molecule has 0 unspecified atom stereocenters. The number of H-pyrrole nitrogens is 1. The number of nitrogens with zero attached hydrogens (tertiary/aromatic N) is 1. The lowest BCUT2D eigenvalue weighted by Gasteiger charge is -1.96. The van der Waals surface area contributed by atoms with E-state index in [2.05, 4.69) is 35.1 Å². The summed E-state index contributed by atoms with van der Waals surface area (Å²) in [5.41, 5.74) is 10.7. The van der Waals surface area contributed by atoms with Gasteiger partial charge >= 0.3 is 0 Å². The second kappa shape index (κ2) is 3.38. The summed E-state index contributed by atoms with van der Waals surface area (Å²) in [5.74, 6) is 0. The molecule has 0 bridgehead atoms. The maximum absolute atomic E-state index is 5.52. The zero-order valence-corrected chi connectivity index (χ0v) is 9.74. The number of nitrogens with two attached hydrogens (primary N) is 1. The maximum Gasteiger partial charge on any atom is 0.292 e. The lowest BCUT2D eigenvalue weighted by Crippen LogP contribution is -1.84. The Kier molecular flexibility index (Phi) is 1.98. The van der Waals surface area contributed by atoms with Gasteiger partial charge in [-0.2, -0.15) is 4.98 Å². The van der Waals surface area contributed by atoms with Crippen LogP contribution in [-0.2, 0) is 0 Å². The molecule has 0 amide bonds. The van der Waals surface area contributed by atoms with Crippen molar-refractivity contribution >= 4 is 16.9 Å². The van der Waals surface area contributed by atoms with Crippen LogP contribution in [-0.4, -0.2) is 9.97 Å². The van der Waals surface area contributed by atoms with E-state index < -0.39 is 0 Å². The largest absolute Gasteiger partial charge is 0.432 e. The van der Waals surface area contributed by atoms with Gasteiger partial charge in [-0.1, -0.05) is 11.6 Å². The van der Waals surface area contributed by atoms with Gasteiger partial charge in [-0.25, -0.2) is 0 Å². The third kappa shape index (κ3) is 1.49. The van der Waals surface area contributed by atoms with E-state index in [0.717, 1.165) is 27.9 Å². The Bertz CT molecular complexity index is 694. The zero-order valence-electron chi connectivity index (χ0n) is 9.74. The summed E-state index contributed by atoms with van der Waals surface area (Å²) in [6, 6.07) is 6.49. The van der Waals surface area contributed by atoms with E-state index in [1.165, 1.54) is 5.56 Å². The number of aromatic nitrogens is 2. The number of rotatable bonds is 1. The summed E-state index contributed by atoms with van der Waals surface area (Å²) in [5, 5.41) is 1.15. The Morgan fingerprint density at radius 1 is 1.29 bits per heavy atom. The van der Waals surface area contributed by atoms with Crippen molar-refractivity contribution < 1.29 is 4.42 Å². The molecule has 4 nitrogen and oxygen atoms in total. The average molecular weight is 227 g/mol. The fraction of sp³-hybridized carbons (Fsp3) is 0.154. The predicted octanol–water partition coefficient (Wildman–Crippen LogP) is 3.02. The van der Waals surface area contributed by atoms with Gasteiger partial charge in [-0.15, -0.1) is 0 Å². The van der Waals surface area contributed by atoms with Crippen LogP contribution in [0.25, 0.3) is 22.2 Å². The molecule has 0 spiro atoms. The molecule has 0 aliphatic heterocycles. The van der Waals surface area contributed by atoms with Crippen LogP contribution >= 0.6 is 0 Å². The molecule has 0 fully saturated rings. The van der Waals surface area contributed by atoms with Gasteiger partial charge in [-0.05, 0) is 26.0 Å². The molecule has 0 atom stereocenters. The number of aryl methyl sites for hydroxylation is 2. The Morgan fingerprint density at radius 3 is 2.82 bits per heavy atom. The first-order valence-electron chi connectivity index (χ1n) is 5.45. The van der Waals surface area contributed by atoms with Crippen LogP contribution in [0.15, 0.2) is 28.9 Å². The van der Waals surface area contributed by atoms with Crippen molar-refractivity contribution in [2.24, 2.45) is 0 Å². The lowest BCUT2D eigenvalue weighted by molar-refractivity contribution is 0.581. The highest BCUT2D eigenvalue weighted by Gasteiger charge is 2.13. The number of nitrogen functional groups attached to an aromatic ring is 1. The van der Waals surface area contributed by atoms with Crippen LogP contribution < -0.4 is 5.73 Å². The summed E-state index contributed by atoms with van der Waals surface area (Å²) in [6.07, 6.45) is 1.59. The Labute approximate surface area is 98.5 Å². The molecule has 0 aliphatic carbocycles. The van der Waals surface area contributed by atoms with Gasteiger partial charge in [0.1, 0.15) is 12.0 Å². The van der Waals surface area contributed by atoms with Gasteiger partial charge in [0, 0.05) is 22.2 Å². The zero-order chi connectivity index (χ0) is 12.0.